The number of nitrogens with one attached hydrogen (secondary N) is 1. The third kappa shape index (κ3) is 3.21. The number of hydrogen-bond donors (Lipinski definition) is 1. The first kappa shape index (κ1) is 17.7. The molecule has 1 atom stereocenters. The van der Waals surface area contributed by atoms with Crippen LogP contribution < -0.4 is 5.56 Å². The summed E-state index contributed by atoms with van der Waals surface area (Å²) in [4.78, 5) is 21.1. The molecule has 0 bridgehead atoms. The van der Waals surface area contributed by atoms with E-state index in [1.54, 1.807) is 12.3 Å². The van der Waals surface area contributed by atoms with E-state index in [9.17, 15) is 4.79 Å². The monoisotopic (exact) mass is 422 g/mol. The summed E-state index contributed by atoms with van der Waals surface area (Å²) in [6.45, 7) is 4.14. The molecule has 0 saturated heterocycles. The molecular weight excluding hydrogens is 404 g/mol. The molecule has 0 radical (unpaired) electrons. The summed E-state index contributed by atoms with van der Waals surface area (Å²) in [7, 11) is 0. The van der Waals surface area contributed by atoms with Crippen LogP contribution in [0, 0.1) is 0 Å². The zero-order chi connectivity index (χ0) is 19.0. The van der Waals surface area contributed by atoms with Crippen LogP contribution in [0.4, 0.5) is 0 Å². The van der Waals surface area contributed by atoms with Gasteiger partial charge in [-0.15, -0.1) is 0 Å². The van der Waals surface area contributed by atoms with Gasteiger partial charge in [-0.05, 0) is 30.7 Å². The lowest BCUT2D eigenvalue weighted by molar-refractivity contribution is 0.613. The van der Waals surface area contributed by atoms with Crippen molar-refractivity contribution in [2.45, 2.75) is 26.2 Å². The van der Waals surface area contributed by atoms with Crippen molar-refractivity contribution in [2.75, 3.05) is 0 Å². The molecule has 4 rings (SSSR count). The van der Waals surface area contributed by atoms with Gasteiger partial charge in [-0.1, -0.05) is 48.0 Å². The number of benzene rings is 2. The first-order valence-electron chi connectivity index (χ1n) is 8.91. The van der Waals surface area contributed by atoms with E-state index >= 15 is 0 Å². The van der Waals surface area contributed by atoms with Crippen LogP contribution in [0.5, 0.6) is 0 Å². The molecule has 0 saturated carbocycles. The fourth-order valence-electron chi connectivity index (χ4n) is 3.10. The molecule has 0 spiro atoms. The smallest absolute Gasteiger partial charge is 0.282 e. The number of hydrogen-bond acceptors (Lipinski definition) is 3. The Morgan fingerprint density at radius 1 is 1.26 bits per heavy atom. The van der Waals surface area contributed by atoms with Gasteiger partial charge in [-0.3, -0.25) is 4.79 Å². The summed E-state index contributed by atoms with van der Waals surface area (Å²) < 4.78 is 2.28. The fourth-order valence-corrected chi connectivity index (χ4v) is 3.46. The lowest BCUT2D eigenvalue weighted by atomic mass is 10.1. The molecule has 0 aliphatic rings. The standard InChI is InChI=1S/C21H19BrN4O/c1-3-13(2)20-25-19-9-8-15(22)10-17(19)21(27)26(20)24-12-14-11-23-18-7-5-4-6-16(14)18/h4-13,23H,3H2,1-2H3/t13-/m0/s1. The molecule has 6 heteroatoms. The van der Waals surface area contributed by atoms with Crippen molar-refractivity contribution in [2.24, 2.45) is 5.10 Å². The highest BCUT2D eigenvalue weighted by Crippen LogP contribution is 2.21. The van der Waals surface area contributed by atoms with Gasteiger partial charge in [-0.25, -0.2) is 4.98 Å². The van der Waals surface area contributed by atoms with Gasteiger partial charge in [0, 0.05) is 33.1 Å². The Morgan fingerprint density at radius 3 is 2.89 bits per heavy atom. The average molecular weight is 423 g/mol. The van der Waals surface area contributed by atoms with Crippen LogP contribution in [0.1, 0.15) is 37.6 Å². The van der Waals surface area contributed by atoms with Crippen molar-refractivity contribution in [3.8, 4) is 0 Å². The Labute approximate surface area is 164 Å². The van der Waals surface area contributed by atoms with E-state index in [-0.39, 0.29) is 11.5 Å². The predicted octanol–water partition coefficient (Wildman–Crippen LogP) is 5.04. The number of rotatable bonds is 4. The summed E-state index contributed by atoms with van der Waals surface area (Å²) in [5.41, 5.74) is 2.50. The SMILES string of the molecule is CC[C@H](C)c1nc2ccc(Br)cc2c(=O)n1N=Cc1c[nH]c2ccccc12. The second-order valence-corrected chi connectivity index (χ2v) is 7.51. The second kappa shape index (κ2) is 7.12. The third-order valence-corrected chi connectivity index (χ3v) is 5.31. The Bertz CT molecular complexity index is 1220. The highest BCUT2D eigenvalue weighted by Gasteiger charge is 2.15. The summed E-state index contributed by atoms with van der Waals surface area (Å²) in [5, 5.41) is 6.14. The number of halogens is 1. The zero-order valence-electron chi connectivity index (χ0n) is 15.1. The number of aromatic amines is 1. The first-order chi connectivity index (χ1) is 13.1. The van der Waals surface area contributed by atoms with Crippen LogP contribution in [0.2, 0.25) is 0 Å². The van der Waals surface area contributed by atoms with Gasteiger partial charge >= 0.3 is 0 Å². The van der Waals surface area contributed by atoms with Crippen molar-refractivity contribution >= 4 is 44.0 Å². The largest absolute Gasteiger partial charge is 0.361 e. The van der Waals surface area contributed by atoms with Gasteiger partial charge in [0.25, 0.3) is 5.56 Å². The highest BCUT2D eigenvalue weighted by atomic mass is 79.9. The minimum absolute atomic E-state index is 0.117. The van der Waals surface area contributed by atoms with E-state index < -0.39 is 0 Å². The van der Waals surface area contributed by atoms with Gasteiger partial charge in [-0.2, -0.15) is 9.78 Å². The molecule has 0 aliphatic carbocycles. The van der Waals surface area contributed by atoms with Crippen molar-refractivity contribution in [3.05, 3.63) is 74.9 Å². The molecule has 0 fully saturated rings. The molecule has 0 unspecified atom stereocenters. The van der Waals surface area contributed by atoms with Crippen LogP contribution >= 0.6 is 15.9 Å². The molecule has 4 aromatic rings. The number of para-hydroxylation sites is 1. The van der Waals surface area contributed by atoms with E-state index in [1.807, 2.05) is 42.6 Å². The van der Waals surface area contributed by atoms with E-state index in [0.29, 0.717) is 16.7 Å². The molecule has 2 heterocycles. The maximum absolute atomic E-state index is 13.1. The van der Waals surface area contributed by atoms with Gasteiger partial charge in [0.15, 0.2) is 0 Å². The number of aromatic nitrogens is 3. The Balaban J connectivity index is 1.91. The highest BCUT2D eigenvalue weighted by molar-refractivity contribution is 9.10. The fraction of sp³-hybridized carbons (Fsp3) is 0.190. The van der Waals surface area contributed by atoms with Crippen molar-refractivity contribution < 1.29 is 0 Å². The second-order valence-electron chi connectivity index (χ2n) is 6.59. The maximum Gasteiger partial charge on any atom is 0.282 e. The third-order valence-electron chi connectivity index (χ3n) is 4.82. The Kier molecular flexibility index (Phi) is 4.66. The Hall–Kier alpha value is -2.73. The molecule has 5 nitrogen and oxygen atoms in total. The summed E-state index contributed by atoms with van der Waals surface area (Å²) in [6, 6.07) is 13.6. The molecular formula is C21H19BrN4O. The number of fused-ring (bicyclic) bond motifs is 2. The van der Waals surface area contributed by atoms with E-state index in [0.717, 1.165) is 27.4 Å². The van der Waals surface area contributed by atoms with Crippen molar-refractivity contribution in [1.29, 1.82) is 0 Å². The molecule has 136 valence electrons. The molecule has 0 amide bonds. The number of H-pyrrole nitrogens is 1. The van der Waals surface area contributed by atoms with Crippen molar-refractivity contribution in [1.82, 2.24) is 14.6 Å². The first-order valence-corrected chi connectivity index (χ1v) is 9.70. The quantitative estimate of drug-likeness (QED) is 0.468. The van der Waals surface area contributed by atoms with Gasteiger partial charge in [0.05, 0.1) is 17.1 Å². The van der Waals surface area contributed by atoms with Crippen LogP contribution in [-0.2, 0) is 0 Å². The van der Waals surface area contributed by atoms with E-state index in [2.05, 4.69) is 39.9 Å². The molecule has 2 aromatic carbocycles. The topological polar surface area (TPSA) is 63.0 Å². The van der Waals surface area contributed by atoms with Gasteiger partial charge in [0.1, 0.15) is 5.82 Å². The van der Waals surface area contributed by atoms with E-state index in [1.165, 1.54) is 4.68 Å². The van der Waals surface area contributed by atoms with Crippen LogP contribution in [-0.4, -0.2) is 20.9 Å². The Morgan fingerprint density at radius 2 is 2.07 bits per heavy atom. The minimum atomic E-state index is -0.160. The van der Waals surface area contributed by atoms with Crippen molar-refractivity contribution in [3.63, 3.8) is 0 Å². The van der Waals surface area contributed by atoms with Gasteiger partial charge in [0.2, 0.25) is 0 Å². The maximum atomic E-state index is 13.1. The average Bonchev–Trinajstić information content (AvgIpc) is 3.10. The summed E-state index contributed by atoms with van der Waals surface area (Å²) in [5.74, 6) is 0.791. The van der Waals surface area contributed by atoms with Gasteiger partial charge < -0.3 is 4.98 Å². The molecule has 0 aliphatic heterocycles. The minimum Gasteiger partial charge on any atom is -0.361 e. The molecule has 27 heavy (non-hydrogen) atoms. The van der Waals surface area contributed by atoms with Crippen LogP contribution in [0.3, 0.4) is 0 Å². The molecule has 2 aromatic heterocycles. The van der Waals surface area contributed by atoms with Crippen LogP contribution in [0.15, 0.2) is 63.0 Å². The summed E-state index contributed by atoms with van der Waals surface area (Å²) >= 11 is 3.43. The normalized spacial score (nSPS) is 13.0. The lowest BCUT2D eigenvalue weighted by Crippen LogP contribution is -2.23. The summed E-state index contributed by atoms with van der Waals surface area (Å²) in [6.07, 6.45) is 4.49. The lowest BCUT2D eigenvalue weighted by Gasteiger charge is -2.13. The molecule has 1 N–H and O–H groups in total. The van der Waals surface area contributed by atoms with Crippen LogP contribution in [0.25, 0.3) is 21.8 Å². The zero-order valence-corrected chi connectivity index (χ0v) is 16.7. The predicted molar refractivity (Wildman–Crippen MR) is 114 cm³/mol. The number of nitrogens with zero attached hydrogens (tertiary/aromatic N) is 3. The van der Waals surface area contributed by atoms with E-state index in [4.69, 9.17) is 4.98 Å².